The van der Waals surface area contributed by atoms with Crippen molar-refractivity contribution in [2.45, 2.75) is 33.7 Å². The highest BCUT2D eigenvalue weighted by atomic mass is 16.2. The third-order valence-corrected chi connectivity index (χ3v) is 4.86. The average Bonchev–Trinajstić information content (AvgIpc) is 2.72. The first-order valence-corrected chi connectivity index (χ1v) is 9.57. The van der Waals surface area contributed by atoms with Gasteiger partial charge in [0.25, 0.3) is 5.56 Å². The minimum atomic E-state index is -0.403. The number of para-hydroxylation sites is 2. The van der Waals surface area contributed by atoms with Gasteiger partial charge in [-0.1, -0.05) is 44.2 Å². The van der Waals surface area contributed by atoms with E-state index in [0.29, 0.717) is 22.5 Å². The van der Waals surface area contributed by atoms with Crippen LogP contribution in [0.4, 0.5) is 11.4 Å². The lowest BCUT2D eigenvalue weighted by molar-refractivity contribution is -0.119. The maximum atomic E-state index is 12.7. The van der Waals surface area contributed by atoms with Crippen molar-refractivity contribution in [3.8, 4) is 0 Å². The fourth-order valence-corrected chi connectivity index (χ4v) is 2.98. The van der Waals surface area contributed by atoms with Crippen LogP contribution < -0.4 is 16.2 Å². The second-order valence-corrected chi connectivity index (χ2v) is 6.99. The van der Waals surface area contributed by atoms with Gasteiger partial charge in [0.15, 0.2) is 0 Å². The van der Waals surface area contributed by atoms with Gasteiger partial charge in [0.05, 0.1) is 22.5 Å². The predicted molar refractivity (Wildman–Crippen MR) is 114 cm³/mol. The van der Waals surface area contributed by atoms with Crippen molar-refractivity contribution in [2.75, 3.05) is 10.6 Å². The summed E-state index contributed by atoms with van der Waals surface area (Å²) < 4.78 is 1.16. The Morgan fingerprint density at radius 3 is 2.24 bits per heavy atom. The normalized spacial score (nSPS) is 11.8. The first-order chi connectivity index (χ1) is 13.9. The Hall–Kier alpha value is -3.48. The molecular weight excluding hydrogens is 368 g/mol. The fraction of sp³-hybridized carbons (Fsp3) is 0.273. The Morgan fingerprint density at radius 1 is 1.00 bits per heavy atom. The highest BCUT2D eigenvalue weighted by molar-refractivity contribution is 6.00. The summed E-state index contributed by atoms with van der Waals surface area (Å²) in [5, 5.41) is 11.2. The van der Waals surface area contributed by atoms with E-state index in [-0.39, 0.29) is 23.9 Å². The molecule has 7 heteroatoms. The number of nitrogens with one attached hydrogen (secondary N) is 2. The van der Waals surface area contributed by atoms with E-state index in [9.17, 15) is 14.4 Å². The summed E-state index contributed by atoms with van der Waals surface area (Å²) >= 11 is 0. The molecule has 2 N–H and O–H groups in total. The van der Waals surface area contributed by atoms with Crippen LogP contribution in [-0.2, 0) is 16.1 Å². The van der Waals surface area contributed by atoms with Gasteiger partial charge in [0, 0.05) is 11.3 Å². The van der Waals surface area contributed by atoms with E-state index in [0.717, 1.165) is 16.5 Å². The molecule has 0 aliphatic carbocycles. The third-order valence-electron chi connectivity index (χ3n) is 4.86. The lowest BCUT2D eigenvalue weighted by atomic mass is 10.1. The molecule has 1 aromatic heterocycles. The molecule has 1 atom stereocenters. The minimum absolute atomic E-state index is 0.114. The number of carbonyl (C=O) groups excluding carboxylic acids is 2. The first kappa shape index (κ1) is 20.3. The number of carbonyl (C=O) groups is 2. The molecule has 0 aliphatic heterocycles. The third kappa shape index (κ3) is 4.51. The molecule has 0 bridgehead atoms. The van der Waals surface area contributed by atoms with E-state index in [1.807, 2.05) is 26.0 Å². The van der Waals surface area contributed by atoms with Crippen LogP contribution in [0.3, 0.4) is 0 Å². The Labute approximate surface area is 168 Å². The largest absolute Gasteiger partial charge is 0.324 e. The quantitative estimate of drug-likeness (QED) is 0.673. The van der Waals surface area contributed by atoms with Gasteiger partial charge in [-0.25, -0.2) is 4.68 Å². The average molecular weight is 392 g/mol. The Bertz CT molecular complexity index is 1120. The number of rotatable bonds is 6. The molecule has 3 aromatic rings. The minimum Gasteiger partial charge on any atom is -0.324 e. The monoisotopic (exact) mass is 392 g/mol. The molecule has 3 rings (SSSR count). The van der Waals surface area contributed by atoms with E-state index >= 15 is 0 Å². The zero-order valence-corrected chi connectivity index (χ0v) is 16.7. The topological polar surface area (TPSA) is 93.1 Å². The summed E-state index contributed by atoms with van der Waals surface area (Å²) in [4.78, 5) is 37.4. The molecule has 0 saturated carbocycles. The summed E-state index contributed by atoms with van der Waals surface area (Å²) in [5.74, 6) is -0.654. The molecule has 150 valence electrons. The number of fused-ring (bicyclic) bond motifs is 1. The van der Waals surface area contributed by atoms with Gasteiger partial charge in [-0.3, -0.25) is 14.4 Å². The first-order valence-electron chi connectivity index (χ1n) is 9.57. The SMILES string of the molecule is CCC(C)C(=O)Nc1ccccc1NC(=O)Cn1nc(C)c2ccccc2c1=O. The number of hydrogen-bond donors (Lipinski definition) is 2. The molecule has 0 fully saturated rings. The lowest BCUT2D eigenvalue weighted by Gasteiger charge is -2.15. The smallest absolute Gasteiger partial charge is 0.275 e. The number of anilines is 2. The van der Waals surface area contributed by atoms with Crippen LogP contribution in [-0.4, -0.2) is 21.6 Å². The van der Waals surface area contributed by atoms with Crippen LogP contribution >= 0.6 is 0 Å². The summed E-state index contributed by atoms with van der Waals surface area (Å²) in [7, 11) is 0. The van der Waals surface area contributed by atoms with Crippen molar-refractivity contribution < 1.29 is 9.59 Å². The second kappa shape index (κ2) is 8.68. The summed E-state index contributed by atoms with van der Waals surface area (Å²) in [6, 6.07) is 14.1. The zero-order chi connectivity index (χ0) is 21.0. The summed E-state index contributed by atoms with van der Waals surface area (Å²) in [6.07, 6.45) is 0.719. The molecule has 0 radical (unpaired) electrons. The molecule has 0 saturated heterocycles. The molecule has 2 aromatic carbocycles. The lowest BCUT2D eigenvalue weighted by Crippen LogP contribution is -2.30. The van der Waals surface area contributed by atoms with Crippen molar-refractivity contribution in [3.05, 3.63) is 64.6 Å². The molecular formula is C22H24N4O3. The highest BCUT2D eigenvalue weighted by Crippen LogP contribution is 2.22. The van der Waals surface area contributed by atoms with E-state index in [2.05, 4.69) is 15.7 Å². The van der Waals surface area contributed by atoms with Crippen LogP contribution in [0.2, 0.25) is 0 Å². The van der Waals surface area contributed by atoms with Gasteiger partial charge in [0.1, 0.15) is 6.54 Å². The predicted octanol–water partition coefficient (Wildman–Crippen LogP) is 3.33. The molecule has 0 spiro atoms. The molecule has 2 amide bonds. The van der Waals surface area contributed by atoms with Crippen LogP contribution in [0.1, 0.15) is 26.0 Å². The fourth-order valence-electron chi connectivity index (χ4n) is 2.98. The van der Waals surface area contributed by atoms with Crippen LogP contribution in [0.25, 0.3) is 10.8 Å². The molecule has 7 nitrogen and oxygen atoms in total. The van der Waals surface area contributed by atoms with Gasteiger partial charge >= 0.3 is 0 Å². The standard InChI is InChI=1S/C22H24N4O3/c1-4-14(2)21(28)24-19-12-8-7-11-18(19)23-20(27)13-26-22(29)17-10-6-5-9-16(17)15(3)25-26/h5-12,14H,4,13H2,1-3H3,(H,23,27)(H,24,28). The summed E-state index contributed by atoms with van der Waals surface area (Å²) in [6.45, 7) is 5.36. The van der Waals surface area contributed by atoms with Gasteiger partial charge in [-0.2, -0.15) is 5.10 Å². The van der Waals surface area contributed by atoms with E-state index in [1.54, 1.807) is 43.3 Å². The van der Waals surface area contributed by atoms with Crippen molar-refractivity contribution in [3.63, 3.8) is 0 Å². The maximum absolute atomic E-state index is 12.7. The number of hydrogen-bond acceptors (Lipinski definition) is 4. The number of aryl methyl sites for hydroxylation is 1. The molecule has 1 unspecified atom stereocenters. The van der Waals surface area contributed by atoms with Gasteiger partial charge in [-0.05, 0) is 31.5 Å². The Morgan fingerprint density at radius 2 is 1.59 bits per heavy atom. The maximum Gasteiger partial charge on any atom is 0.275 e. The molecule has 29 heavy (non-hydrogen) atoms. The molecule has 0 aliphatic rings. The number of nitrogens with zero attached hydrogens (tertiary/aromatic N) is 2. The summed E-state index contributed by atoms with van der Waals surface area (Å²) in [5.41, 5.74) is 1.34. The van der Waals surface area contributed by atoms with Crippen molar-refractivity contribution in [1.82, 2.24) is 9.78 Å². The zero-order valence-electron chi connectivity index (χ0n) is 16.7. The Kier molecular flexibility index (Phi) is 6.07. The van der Waals surface area contributed by atoms with Gasteiger partial charge < -0.3 is 10.6 Å². The second-order valence-electron chi connectivity index (χ2n) is 6.99. The van der Waals surface area contributed by atoms with Crippen LogP contribution in [0, 0.1) is 12.8 Å². The van der Waals surface area contributed by atoms with E-state index in [4.69, 9.17) is 0 Å². The highest BCUT2D eigenvalue weighted by Gasteiger charge is 2.15. The van der Waals surface area contributed by atoms with Gasteiger partial charge in [0.2, 0.25) is 11.8 Å². The Balaban J connectivity index is 1.80. The van der Waals surface area contributed by atoms with Crippen molar-refractivity contribution in [2.24, 2.45) is 5.92 Å². The van der Waals surface area contributed by atoms with Crippen molar-refractivity contribution >= 4 is 34.0 Å². The number of benzene rings is 2. The van der Waals surface area contributed by atoms with Crippen molar-refractivity contribution in [1.29, 1.82) is 0 Å². The van der Waals surface area contributed by atoms with Gasteiger partial charge in [-0.15, -0.1) is 0 Å². The molecule has 1 heterocycles. The van der Waals surface area contributed by atoms with E-state index in [1.165, 1.54) is 0 Å². The van der Waals surface area contributed by atoms with Crippen LogP contribution in [0.5, 0.6) is 0 Å². The number of amides is 2. The van der Waals surface area contributed by atoms with E-state index < -0.39 is 5.91 Å². The van der Waals surface area contributed by atoms with Crippen LogP contribution in [0.15, 0.2) is 53.3 Å². The number of aromatic nitrogens is 2.